The molecule has 0 aromatic carbocycles. The van der Waals surface area contributed by atoms with Crippen molar-refractivity contribution in [1.29, 1.82) is 0 Å². The maximum Gasteiger partial charge on any atom is 0.257 e. The van der Waals surface area contributed by atoms with E-state index in [1.165, 1.54) is 5.82 Å². The van der Waals surface area contributed by atoms with Crippen LogP contribution in [-0.4, -0.2) is 20.3 Å². The van der Waals surface area contributed by atoms with E-state index in [-0.39, 0.29) is 0 Å². The van der Waals surface area contributed by atoms with Gasteiger partial charge in [-0.2, -0.15) is 0 Å². The molecular weight excluding hydrogens is 269 g/mol. The predicted molar refractivity (Wildman–Crippen MR) is 58.2 cm³/mol. The van der Waals surface area contributed by atoms with Gasteiger partial charge in [0.05, 0.1) is 5.60 Å². The number of hydrogen-bond donors (Lipinski definition) is 1. The van der Waals surface area contributed by atoms with E-state index in [1.807, 2.05) is 0 Å². The van der Waals surface area contributed by atoms with E-state index < -0.39 is 22.6 Å². The second kappa shape index (κ2) is 3.65. The molecule has 2 unspecified atom stereocenters. The Morgan fingerprint density at radius 2 is 2.00 bits per heavy atom. The molecule has 3 nitrogen and oxygen atoms in total. The van der Waals surface area contributed by atoms with Gasteiger partial charge in [-0.25, -0.2) is 0 Å². The number of aliphatic hydroxyl groups excluding tert-OH is 1. The lowest BCUT2D eigenvalue weighted by Crippen LogP contribution is -2.26. The largest absolute Gasteiger partial charge is 0.379 e. The summed E-state index contributed by atoms with van der Waals surface area (Å²) in [6.07, 6.45) is 1.58. The van der Waals surface area contributed by atoms with Gasteiger partial charge in [-0.1, -0.05) is 34.8 Å². The Labute approximate surface area is 97.4 Å². The van der Waals surface area contributed by atoms with Crippen molar-refractivity contribution < 1.29 is 14.2 Å². The summed E-state index contributed by atoms with van der Waals surface area (Å²) in [6.45, 7) is 3.41. The standard InChI is InChI=1S/C7H10Cl3O3P/c1-6(2)3-4-14(12,13-6)5(11)7(8,9)10/h3-5,11H,1-2H3. The van der Waals surface area contributed by atoms with E-state index in [0.29, 0.717) is 0 Å². The number of rotatable bonds is 1. The lowest BCUT2D eigenvalue weighted by atomic mass is 10.1. The van der Waals surface area contributed by atoms with Gasteiger partial charge in [-0.3, -0.25) is 4.57 Å². The quantitative estimate of drug-likeness (QED) is 0.592. The van der Waals surface area contributed by atoms with Gasteiger partial charge in [0.2, 0.25) is 3.79 Å². The Hall–Kier alpha value is 0.760. The van der Waals surface area contributed by atoms with Crippen LogP contribution >= 0.6 is 42.2 Å². The number of hydrogen-bond acceptors (Lipinski definition) is 3. The number of alkyl halides is 3. The fourth-order valence-corrected chi connectivity index (χ4v) is 4.37. The van der Waals surface area contributed by atoms with Crippen LogP contribution in [0, 0.1) is 0 Å². The van der Waals surface area contributed by atoms with Crippen molar-refractivity contribution >= 4 is 42.2 Å². The number of halogens is 3. The first-order chi connectivity index (χ1) is 6.07. The molecule has 1 N–H and O–H groups in total. The van der Waals surface area contributed by atoms with Crippen molar-refractivity contribution in [3.63, 3.8) is 0 Å². The first-order valence-corrected chi connectivity index (χ1v) is 6.72. The topological polar surface area (TPSA) is 46.5 Å². The van der Waals surface area contributed by atoms with E-state index in [0.717, 1.165) is 0 Å². The third kappa shape index (κ3) is 2.66. The molecule has 82 valence electrons. The molecule has 0 fully saturated rings. The first-order valence-electron chi connectivity index (χ1n) is 3.82. The van der Waals surface area contributed by atoms with E-state index in [1.54, 1.807) is 19.9 Å². The Kier molecular flexibility index (Phi) is 3.35. The van der Waals surface area contributed by atoms with Gasteiger partial charge in [0.25, 0.3) is 7.37 Å². The van der Waals surface area contributed by atoms with Crippen LogP contribution in [0.25, 0.3) is 0 Å². The minimum atomic E-state index is -3.42. The summed E-state index contributed by atoms with van der Waals surface area (Å²) in [5, 5.41) is 9.54. The van der Waals surface area contributed by atoms with Crippen LogP contribution in [0.4, 0.5) is 0 Å². The Morgan fingerprint density at radius 1 is 1.50 bits per heavy atom. The smallest absolute Gasteiger partial charge is 0.257 e. The molecule has 14 heavy (non-hydrogen) atoms. The molecule has 0 amide bonds. The third-order valence-electron chi connectivity index (χ3n) is 1.70. The SMILES string of the molecule is CC1(C)C=CP(=O)(C(O)C(Cl)(Cl)Cl)O1. The molecule has 0 saturated heterocycles. The van der Waals surface area contributed by atoms with Crippen molar-refractivity contribution in [3.8, 4) is 0 Å². The van der Waals surface area contributed by atoms with E-state index in [9.17, 15) is 9.67 Å². The van der Waals surface area contributed by atoms with Crippen LogP contribution in [0.15, 0.2) is 11.9 Å². The minimum absolute atomic E-state index is 0.702. The second-order valence-electron chi connectivity index (χ2n) is 3.57. The molecule has 1 aliphatic heterocycles. The zero-order valence-electron chi connectivity index (χ0n) is 7.58. The van der Waals surface area contributed by atoms with E-state index in [4.69, 9.17) is 39.3 Å². The van der Waals surface area contributed by atoms with E-state index >= 15 is 0 Å². The molecule has 1 rings (SSSR count). The highest BCUT2D eigenvalue weighted by atomic mass is 35.6. The molecule has 2 atom stereocenters. The van der Waals surface area contributed by atoms with Gasteiger partial charge in [-0.05, 0) is 19.9 Å². The van der Waals surface area contributed by atoms with Crippen LogP contribution in [0.5, 0.6) is 0 Å². The summed E-state index contributed by atoms with van der Waals surface area (Å²) in [5.74, 6) is -0.363. The summed E-state index contributed by atoms with van der Waals surface area (Å²) >= 11 is 16.3. The van der Waals surface area contributed by atoms with Gasteiger partial charge < -0.3 is 9.63 Å². The van der Waals surface area contributed by atoms with Crippen LogP contribution in [0.1, 0.15) is 13.8 Å². The molecule has 7 heteroatoms. The molecule has 0 bridgehead atoms. The number of aliphatic hydroxyl groups is 1. The molecule has 0 aromatic rings. The van der Waals surface area contributed by atoms with Gasteiger partial charge in [-0.15, -0.1) is 0 Å². The molecular formula is C7H10Cl3O3P. The van der Waals surface area contributed by atoms with Gasteiger partial charge in [0, 0.05) is 5.82 Å². The predicted octanol–water partition coefficient (Wildman–Crippen LogP) is 3.28. The van der Waals surface area contributed by atoms with Gasteiger partial charge in [0.1, 0.15) is 0 Å². The fraction of sp³-hybridized carbons (Fsp3) is 0.714. The van der Waals surface area contributed by atoms with Crippen molar-refractivity contribution in [1.82, 2.24) is 0 Å². The van der Waals surface area contributed by atoms with Crippen molar-refractivity contribution in [2.75, 3.05) is 0 Å². The second-order valence-corrected chi connectivity index (χ2v) is 8.20. The molecule has 1 heterocycles. The minimum Gasteiger partial charge on any atom is -0.379 e. The van der Waals surface area contributed by atoms with Crippen molar-refractivity contribution in [2.45, 2.75) is 29.1 Å². The molecule has 0 radical (unpaired) electrons. The van der Waals surface area contributed by atoms with Crippen LogP contribution in [0.3, 0.4) is 0 Å². The lowest BCUT2D eigenvalue weighted by molar-refractivity contribution is 0.150. The Balaban J connectivity index is 2.92. The van der Waals surface area contributed by atoms with Crippen LogP contribution in [-0.2, 0) is 9.09 Å². The summed E-state index contributed by atoms with van der Waals surface area (Å²) in [5.41, 5.74) is -0.702. The summed E-state index contributed by atoms with van der Waals surface area (Å²) in [7, 11) is -3.42. The molecule has 1 aliphatic rings. The Morgan fingerprint density at radius 3 is 2.29 bits per heavy atom. The summed E-state index contributed by atoms with van der Waals surface area (Å²) in [4.78, 5) is 0. The summed E-state index contributed by atoms with van der Waals surface area (Å²) < 4.78 is 15.1. The van der Waals surface area contributed by atoms with Crippen LogP contribution in [0.2, 0.25) is 0 Å². The Bertz CT molecular complexity index is 308. The van der Waals surface area contributed by atoms with Gasteiger partial charge >= 0.3 is 0 Å². The van der Waals surface area contributed by atoms with E-state index in [2.05, 4.69) is 0 Å². The molecule has 0 aliphatic carbocycles. The average molecular weight is 279 g/mol. The van der Waals surface area contributed by atoms with Crippen LogP contribution < -0.4 is 0 Å². The van der Waals surface area contributed by atoms with Crippen molar-refractivity contribution in [3.05, 3.63) is 11.9 Å². The third-order valence-corrected chi connectivity index (χ3v) is 5.16. The summed E-state index contributed by atoms with van der Waals surface area (Å²) in [6, 6.07) is 0. The van der Waals surface area contributed by atoms with Crippen molar-refractivity contribution in [2.24, 2.45) is 0 Å². The first kappa shape index (κ1) is 12.8. The maximum atomic E-state index is 12.0. The highest BCUT2D eigenvalue weighted by Gasteiger charge is 2.49. The zero-order valence-corrected chi connectivity index (χ0v) is 10.7. The lowest BCUT2D eigenvalue weighted by Gasteiger charge is -2.26. The molecule has 0 spiro atoms. The monoisotopic (exact) mass is 278 g/mol. The molecule has 0 aromatic heterocycles. The highest BCUT2D eigenvalue weighted by Crippen LogP contribution is 2.64. The molecule has 0 saturated carbocycles. The zero-order chi connectivity index (χ0) is 11.2. The highest BCUT2D eigenvalue weighted by molar-refractivity contribution is 7.63. The fourth-order valence-electron chi connectivity index (χ4n) is 1.05. The maximum absolute atomic E-state index is 12.0. The average Bonchev–Trinajstić information content (AvgIpc) is 2.24. The van der Waals surface area contributed by atoms with Gasteiger partial charge in [0.15, 0.2) is 5.85 Å². The normalized spacial score (nSPS) is 33.3.